The van der Waals surface area contributed by atoms with E-state index in [1.54, 1.807) is 12.1 Å². The molecule has 1 aliphatic rings. The van der Waals surface area contributed by atoms with Gasteiger partial charge in [-0.15, -0.1) is 0 Å². The van der Waals surface area contributed by atoms with Gasteiger partial charge in [-0.3, -0.25) is 14.9 Å². The molecule has 0 unspecified atom stereocenters. The molecule has 1 aromatic carbocycles. The first-order valence-corrected chi connectivity index (χ1v) is 7.37. The van der Waals surface area contributed by atoms with Gasteiger partial charge in [-0.05, 0) is 24.8 Å². The Kier molecular flexibility index (Phi) is 5.15. The fraction of sp³-hybridized carbons (Fsp3) is 0.467. The lowest BCUT2D eigenvalue weighted by molar-refractivity contribution is -0.384. The number of carboxylic acid groups (broad SMARTS) is 1. The van der Waals surface area contributed by atoms with Crippen molar-refractivity contribution in [2.45, 2.75) is 38.3 Å². The Hall–Kier alpha value is -2.64. The molecule has 1 heterocycles. The van der Waals surface area contributed by atoms with Gasteiger partial charge in [0.15, 0.2) is 0 Å². The van der Waals surface area contributed by atoms with E-state index in [0.717, 1.165) is 5.56 Å². The van der Waals surface area contributed by atoms with Gasteiger partial charge in [0.1, 0.15) is 0 Å². The second-order valence-corrected chi connectivity index (χ2v) is 5.68. The first kappa shape index (κ1) is 16.7. The number of rotatable bonds is 4. The number of likely N-dealkylation sites (tertiary alicyclic amines) is 1. The van der Waals surface area contributed by atoms with E-state index in [4.69, 9.17) is 0 Å². The minimum Gasteiger partial charge on any atom is -0.465 e. The monoisotopic (exact) mass is 321 g/mol. The highest BCUT2D eigenvalue weighted by Gasteiger charge is 2.32. The maximum atomic E-state index is 11.4. The van der Waals surface area contributed by atoms with Crippen molar-refractivity contribution >= 4 is 17.7 Å². The summed E-state index contributed by atoms with van der Waals surface area (Å²) in [6.45, 7) is 1.80. The van der Waals surface area contributed by atoms with Crippen molar-refractivity contribution < 1.29 is 19.6 Å². The molecule has 1 saturated heterocycles. The standard InChI is InChI=1S/C15H19N3O5/c1-10(19)16-12-6-7-17(15(20)21)14(9-12)8-11-2-4-13(5-3-11)18(22)23/h2-5,12,14H,6-9H2,1H3,(H,16,19)(H,20,21)/t12-,14+/m0/s1. The van der Waals surface area contributed by atoms with Crippen LogP contribution in [0.25, 0.3) is 0 Å². The highest BCUT2D eigenvalue weighted by Crippen LogP contribution is 2.22. The number of carbonyl (C=O) groups is 2. The van der Waals surface area contributed by atoms with Crippen molar-refractivity contribution in [3.05, 3.63) is 39.9 Å². The van der Waals surface area contributed by atoms with Crippen molar-refractivity contribution in [3.8, 4) is 0 Å². The lowest BCUT2D eigenvalue weighted by Gasteiger charge is -2.38. The van der Waals surface area contributed by atoms with E-state index >= 15 is 0 Å². The molecule has 0 spiro atoms. The molecule has 2 amide bonds. The Bertz CT molecular complexity index is 602. The van der Waals surface area contributed by atoms with E-state index in [-0.39, 0.29) is 23.7 Å². The van der Waals surface area contributed by atoms with E-state index < -0.39 is 11.0 Å². The maximum Gasteiger partial charge on any atom is 0.407 e. The van der Waals surface area contributed by atoms with Crippen LogP contribution in [0.2, 0.25) is 0 Å². The van der Waals surface area contributed by atoms with Crippen LogP contribution in [0.4, 0.5) is 10.5 Å². The van der Waals surface area contributed by atoms with Gasteiger partial charge >= 0.3 is 6.09 Å². The molecule has 8 nitrogen and oxygen atoms in total. The van der Waals surface area contributed by atoms with Gasteiger partial charge in [-0.25, -0.2) is 4.79 Å². The Morgan fingerprint density at radius 1 is 1.39 bits per heavy atom. The third kappa shape index (κ3) is 4.41. The average molecular weight is 321 g/mol. The Labute approximate surface area is 133 Å². The molecule has 2 N–H and O–H groups in total. The van der Waals surface area contributed by atoms with Crippen LogP contribution in [0, 0.1) is 10.1 Å². The van der Waals surface area contributed by atoms with Crippen molar-refractivity contribution in [1.29, 1.82) is 0 Å². The zero-order valence-corrected chi connectivity index (χ0v) is 12.8. The molecular formula is C15H19N3O5. The van der Waals surface area contributed by atoms with Crippen molar-refractivity contribution in [2.75, 3.05) is 6.54 Å². The molecule has 0 aliphatic carbocycles. The highest BCUT2D eigenvalue weighted by molar-refractivity contribution is 5.73. The largest absolute Gasteiger partial charge is 0.465 e. The van der Waals surface area contributed by atoms with E-state index in [9.17, 15) is 24.8 Å². The summed E-state index contributed by atoms with van der Waals surface area (Å²) in [4.78, 5) is 34.1. The second kappa shape index (κ2) is 7.08. The minimum atomic E-state index is -0.988. The number of carbonyl (C=O) groups excluding carboxylic acids is 1. The zero-order chi connectivity index (χ0) is 17.0. The predicted molar refractivity (Wildman–Crippen MR) is 82.2 cm³/mol. The second-order valence-electron chi connectivity index (χ2n) is 5.68. The Morgan fingerprint density at radius 2 is 2.04 bits per heavy atom. The van der Waals surface area contributed by atoms with E-state index in [0.29, 0.717) is 25.8 Å². The normalized spacial score (nSPS) is 20.8. The molecule has 0 aromatic heterocycles. The fourth-order valence-electron chi connectivity index (χ4n) is 2.94. The number of hydrogen-bond acceptors (Lipinski definition) is 4. The summed E-state index contributed by atoms with van der Waals surface area (Å²) in [5.74, 6) is -0.132. The summed E-state index contributed by atoms with van der Waals surface area (Å²) >= 11 is 0. The number of amides is 2. The molecule has 124 valence electrons. The number of nitrogens with one attached hydrogen (secondary N) is 1. The SMILES string of the molecule is CC(=O)N[C@H]1CCN(C(=O)O)[C@H](Cc2ccc([N+](=O)[O-])cc2)C1. The first-order valence-electron chi connectivity index (χ1n) is 7.37. The first-order chi connectivity index (χ1) is 10.9. The number of benzene rings is 1. The van der Waals surface area contributed by atoms with Crippen LogP contribution in [0.3, 0.4) is 0 Å². The smallest absolute Gasteiger partial charge is 0.407 e. The quantitative estimate of drug-likeness (QED) is 0.648. The third-order valence-corrected chi connectivity index (χ3v) is 3.99. The summed E-state index contributed by atoms with van der Waals surface area (Å²) in [7, 11) is 0. The molecule has 0 radical (unpaired) electrons. The van der Waals surface area contributed by atoms with Gasteiger partial charge in [-0.1, -0.05) is 12.1 Å². The number of nitro benzene ring substituents is 1. The summed E-state index contributed by atoms with van der Waals surface area (Å²) < 4.78 is 0. The van der Waals surface area contributed by atoms with Crippen molar-refractivity contribution in [1.82, 2.24) is 10.2 Å². The molecule has 1 aliphatic heterocycles. The molecular weight excluding hydrogens is 302 g/mol. The van der Waals surface area contributed by atoms with Crippen molar-refractivity contribution in [2.24, 2.45) is 0 Å². The summed E-state index contributed by atoms with van der Waals surface area (Å²) in [6, 6.07) is 5.79. The van der Waals surface area contributed by atoms with Gasteiger partial charge in [0, 0.05) is 37.7 Å². The van der Waals surface area contributed by atoms with Gasteiger partial charge in [0.25, 0.3) is 5.69 Å². The average Bonchev–Trinajstić information content (AvgIpc) is 2.47. The highest BCUT2D eigenvalue weighted by atomic mass is 16.6. The van der Waals surface area contributed by atoms with Crippen LogP contribution in [-0.2, 0) is 11.2 Å². The molecule has 2 atom stereocenters. The molecule has 8 heteroatoms. The van der Waals surface area contributed by atoms with E-state index in [2.05, 4.69) is 5.32 Å². The van der Waals surface area contributed by atoms with Crippen LogP contribution < -0.4 is 5.32 Å². The molecule has 0 saturated carbocycles. The minimum absolute atomic E-state index is 0.00334. The Morgan fingerprint density at radius 3 is 2.57 bits per heavy atom. The van der Waals surface area contributed by atoms with Gasteiger partial charge in [-0.2, -0.15) is 0 Å². The molecule has 1 fully saturated rings. The zero-order valence-electron chi connectivity index (χ0n) is 12.8. The summed E-state index contributed by atoms with van der Waals surface area (Å²) in [5.41, 5.74) is 0.832. The van der Waals surface area contributed by atoms with E-state index in [1.165, 1.54) is 24.0 Å². The lowest BCUT2D eigenvalue weighted by atomic mass is 9.92. The van der Waals surface area contributed by atoms with Crippen LogP contribution in [-0.4, -0.2) is 45.6 Å². The maximum absolute atomic E-state index is 11.4. The Balaban J connectivity index is 2.09. The number of nitrogens with zero attached hydrogens (tertiary/aromatic N) is 2. The fourth-order valence-corrected chi connectivity index (χ4v) is 2.94. The number of hydrogen-bond donors (Lipinski definition) is 2. The van der Waals surface area contributed by atoms with Gasteiger partial charge in [0.2, 0.25) is 5.91 Å². The lowest BCUT2D eigenvalue weighted by Crippen LogP contribution is -2.52. The summed E-state index contributed by atoms with van der Waals surface area (Å²) in [6.07, 6.45) is 0.587. The molecule has 23 heavy (non-hydrogen) atoms. The molecule has 1 aromatic rings. The topological polar surface area (TPSA) is 113 Å². The molecule has 0 bridgehead atoms. The molecule has 2 rings (SSSR count). The predicted octanol–water partition coefficient (Wildman–Crippen LogP) is 1.78. The number of piperidine rings is 1. The van der Waals surface area contributed by atoms with Crippen molar-refractivity contribution in [3.63, 3.8) is 0 Å². The van der Waals surface area contributed by atoms with Crippen LogP contribution >= 0.6 is 0 Å². The summed E-state index contributed by atoms with van der Waals surface area (Å²) in [5, 5.41) is 22.8. The number of non-ortho nitro benzene ring substituents is 1. The number of nitro groups is 1. The van der Waals surface area contributed by atoms with E-state index in [1.807, 2.05) is 0 Å². The van der Waals surface area contributed by atoms with Gasteiger partial charge < -0.3 is 15.3 Å². The third-order valence-electron chi connectivity index (χ3n) is 3.99. The van der Waals surface area contributed by atoms with Crippen LogP contribution in [0.1, 0.15) is 25.3 Å². The van der Waals surface area contributed by atoms with Crippen LogP contribution in [0.5, 0.6) is 0 Å². The van der Waals surface area contributed by atoms with Gasteiger partial charge in [0.05, 0.1) is 4.92 Å². The van der Waals surface area contributed by atoms with Crippen LogP contribution in [0.15, 0.2) is 24.3 Å².